The average molecular weight is 261 g/mol. The van der Waals surface area contributed by atoms with E-state index in [1.807, 2.05) is 0 Å². The van der Waals surface area contributed by atoms with E-state index in [9.17, 15) is 14.7 Å². The Morgan fingerprint density at radius 3 is 2.44 bits per heavy atom. The number of hydrogen-bond acceptors (Lipinski definition) is 6. The summed E-state index contributed by atoms with van der Waals surface area (Å²) in [5.41, 5.74) is -0.666. The number of rotatable bonds is 2. The molecule has 1 saturated heterocycles. The number of aliphatic hydroxyl groups excluding tert-OH is 1. The van der Waals surface area contributed by atoms with Crippen molar-refractivity contribution in [2.24, 2.45) is 0 Å². The first-order chi connectivity index (χ1) is 8.24. The minimum absolute atomic E-state index is 0.0401. The topological polar surface area (TPSA) is 85.3 Å². The first-order valence-corrected chi connectivity index (χ1v) is 5.67. The van der Waals surface area contributed by atoms with Gasteiger partial charge in [-0.1, -0.05) is 0 Å². The van der Waals surface area contributed by atoms with Gasteiger partial charge in [-0.05, 0) is 20.8 Å². The van der Waals surface area contributed by atoms with Gasteiger partial charge < -0.3 is 9.84 Å². The lowest BCUT2D eigenvalue weighted by atomic mass is 10.2. The molecule has 7 nitrogen and oxygen atoms in total. The van der Waals surface area contributed by atoms with Gasteiger partial charge in [0.1, 0.15) is 11.6 Å². The highest BCUT2D eigenvalue weighted by Crippen LogP contribution is 2.22. The van der Waals surface area contributed by atoms with Gasteiger partial charge in [0, 0.05) is 6.42 Å². The first kappa shape index (κ1) is 14.7. The maximum Gasteiger partial charge on any atom is 0.411 e. The molecule has 0 aromatic heterocycles. The van der Waals surface area contributed by atoms with Crippen molar-refractivity contribution in [1.82, 2.24) is 4.90 Å². The molecule has 104 valence electrons. The molecule has 18 heavy (non-hydrogen) atoms. The molecule has 0 spiro atoms. The van der Waals surface area contributed by atoms with Crippen LogP contribution >= 0.6 is 0 Å². The molecule has 0 saturated carbocycles. The van der Waals surface area contributed by atoms with Crippen LogP contribution in [0, 0.1) is 0 Å². The number of carbonyl (C=O) groups excluding carboxylic acids is 2. The molecule has 0 radical (unpaired) electrons. The van der Waals surface area contributed by atoms with E-state index in [1.54, 1.807) is 20.8 Å². The number of β-amino-alcohol motifs (C(OH)–C–C–N with tert-alkyl or cyclic N) is 1. The Morgan fingerprint density at radius 2 is 1.94 bits per heavy atom. The van der Waals surface area contributed by atoms with E-state index in [0.717, 1.165) is 4.90 Å². The third kappa shape index (κ3) is 3.85. The zero-order valence-corrected chi connectivity index (χ0v) is 11.0. The second kappa shape index (κ2) is 5.53. The minimum Gasteiger partial charge on any atom is -0.444 e. The van der Waals surface area contributed by atoms with Gasteiger partial charge in [0.15, 0.2) is 0 Å². The van der Waals surface area contributed by atoms with E-state index in [2.05, 4.69) is 9.78 Å². The normalized spacial score (nSPS) is 23.9. The van der Waals surface area contributed by atoms with Crippen LogP contribution < -0.4 is 0 Å². The van der Waals surface area contributed by atoms with Crippen LogP contribution in [0.5, 0.6) is 0 Å². The minimum atomic E-state index is -0.880. The summed E-state index contributed by atoms with van der Waals surface area (Å²) in [5, 5.41) is 9.54. The molecule has 0 aromatic carbocycles. The molecule has 1 amide bonds. The lowest BCUT2D eigenvalue weighted by Crippen LogP contribution is -2.44. The molecule has 1 aliphatic heterocycles. The summed E-state index contributed by atoms with van der Waals surface area (Å²) in [7, 11) is 1.20. The molecule has 7 heteroatoms. The Morgan fingerprint density at radius 1 is 1.33 bits per heavy atom. The average Bonchev–Trinajstić information content (AvgIpc) is 2.58. The SMILES string of the molecule is COOC(=O)[C@@H]1C[C@H](O)CN1C(=O)OC(C)(C)C. The van der Waals surface area contributed by atoms with E-state index < -0.39 is 29.8 Å². The second-order valence-electron chi connectivity index (χ2n) is 5.11. The predicted molar refractivity (Wildman–Crippen MR) is 60.5 cm³/mol. The fourth-order valence-electron chi connectivity index (χ4n) is 1.70. The molecular formula is C11H19NO6. The summed E-state index contributed by atoms with van der Waals surface area (Å²) >= 11 is 0. The van der Waals surface area contributed by atoms with Crippen molar-refractivity contribution in [3.63, 3.8) is 0 Å². The van der Waals surface area contributed by atoms with Gasteiger partial charge in [-0.25, -0.2) is 9.59 Å². The van der Waals surface area contributed by atoms with Gasteiger partial charge in [-0.2, -0.15) is 4.89 Å². The van der Waals surface area contributed by atoms with Gasteiger partial charge in [0.05, 0.1) is 19.8 Å². The molecule has 1 fully saturated rings. The summed E-state index contributed by atoms with van der Waals surface area (Å²) in [6.07, 6.45) is -1.31. The molecule has 0 aliphatic carbocycles. The predicted octanol–water partition coefficient (Wildman–Crippen LogP) is 0.461. The Labute approximate surface area is 106 Å². The van der Waals surface area contributed by atoms with Gasteiger partial charge in [-0.3, -0.25) is 9.79 Å². The molecular weight excluding hydrogens is 242 g/mol. The Balaban J connectivity index is 2.72. The lowest BCUT2D eigenvalue weighted by Gasteiger charge is -2.26. The first-order valence-electron chi connectivity index (χ1n) is 5.67. The number of ether oxygens (including phenoxy) is 1. The van der Waals surface area contributed by atoms with Crippen molar-refractivity contribution in [2.75, 3.05) is 13.7 Å². The van der Waals surface area contributed by atoms with Crippen molar-refractivity contribution in [3.8, 4) is 0 Å². The third-order valence-electron chi connectivity index (χ3n) is 2.34. The quantitative estimate of drug-likeness (QED) is 0.574. The molecule has 1 N–H and O–H groups in total. The number of nitrogens with zero attached hydrogens (tertiary/aromatic N) is 1. The molecule has 0 bridgehead atoms. The van der Waals surface area contributed by atoms with Gasteiger partial charge in [0.25, 0.3) is 0 Å². The van der Waals surface area contributed by atoms with Crippen molar-refractivity contribution < 1.29 is 29.2 Å². The molecule has 1 heterocycles. The fraction of sp³-hybridized carbons (Fsp3) is 0.818. The van der Waals surface area contributed by atoms with Crippen LogP contribution in [0.25, 0.3) is 0 Å². The Bertz CT molecular complexity index is 324. The van der Waals surface area contributed by atoms with Crippen LogP contribution in [0.2, 0.25) is 0 Å². The van der Waals surface area contributed by atoms with Crippen LogP contribution in [0.15, 0.2) is 0 Å². The van der Waals surface area contributed by atoms with E-state index in [1.165, 1.54) is 7.11 Å². The number of carbonyl (C=O) groups is 2. The summed E-state index contributed by atoms with van der Waals surface area (Å²) < 4.78 is 5.16. The monoisotopic (exact) mass is 261 g/mol. The molecule has 1 aliphatic rings. The van der Waals surface area contributed by atoms with Crippen LogP contribution in [-0.2, 0) is 19.3 Å². The number of likely N-dealkylation sites (tertiary alicyclic amines) is 1. The van der Waals surface area contributed by atoms with Crippen molar-refractivity contribution in [3.05, 3.63) is 0 Å². The maximum absolute atomic E-state index is 11.9. The van der Waals surface area contributed by atoms with Gasteiger partial charge >= 0.3 is 12.1 Å². The van der Waals surface area contributed by atoms with Gasteiger partial charge in [0.2, 0.25) is 0 Å². The standard InChI is InChI=1S/C11H19NO6/c1-11(2,3)17-10(15)12-6-7(13)5-8(12)9(14)18-16-4/h7-8,13H,5-6H2,1-4H3/t7-,8-/m0/s1. The number of hydrogen-bond donors (Lipinski definition) is 1. The van der Waals surface area contributed by atoms with Crippen molar-refractivity contribution in [2.45, 2.75) is 44.9 Å². The highest BCUT2D eigenvalue weighted by Gasteiger charge is 2.42. The smallest absolute Gasteiger partial charge is 0.411 e. The van der Waals surface area contributed by atoms with Crippen LogP contribution in [0.1, 0.15) is 27.2 Å². The van der Waals surface area contributed by atoms with E-state index in [-0.39, 0.29) is 13.0 Å². The molecule has 2 atom stereocenters. The second-order valence-corrected chi connectivity index (χ2v) is 5.11. The number of aliphatic hydroxyl groups is 1. The molecule has 0 unspecified atom stereocenters. The number of amides is 1. The molecule has 1 rings (SSSR count). The van der Waals surface area contributed by atoms with Gasteiger partial charge in [-0.15, -0.1) is 0 Å². The summed E-state index contributed by atoms with van der Waals surface area (Å²) in [4.78, 5) is 33.2. The third-order valence-corrected chi connectivity index (χ3v) is 2.34. The van der Waals surface area contributed by atoms with E-state index in [4.69, 9.17) is 4.74 Å². The van der Waals surface area contributed by atoms with E-state index >= 15 is 0 Å². The zero-order valence-electron chi connectivity index (χ0n) is 11.0. The van der Waals surface area contributed by atoms with Crippen molar-refractivity contribution >= 4 is 12.1 Å². The summed E-state index contributed by atoms with van der Waals surface area (Å²) in [6, 6.07) is -0.880. The fourth-order valence-corrected chi connectivity index (χ4v) is 1.70. The van der Waals surface area contributed by atoms with Crippen LogP contribution in [-0.4, -0.2) is 53.5 Å². The van der Waals surface area contributed by atoms with Crippen LogP contribution in [0.3, 0.4) is 0 Å². The Hall–Kier alpha value is -1.34. The molecule has 0 aromatic rings. The summed E-state index contributed by atoms with van der Waals surface area (Å²) in [6.45, 7) is 5.21. The summed E-state index contributed by atoms with van der Waals surface area (Å²) in [5.74, 6) is -0.722. The maximum atomic E-state index is 11.9. The Kier molecular flexibility index (Phi) is 4.53. The largest absolute Gasteiger partial charge is 0.444 e. The van der Waals surface area contributed by atoms with E-state index in [0.29, 0.717) is 0 Å². The van der Waals surface area contributed by atoms with Crippen molar-refractivity contribution in [1.29, 1.82) is 0 Å². The highest BCUT2D eigenvalue weighted by atomic mass is 17.2. The lowest BCUT2D eigenvalue weighted by molar-refractivity contribution is -0.258. The zero-order chi connectivity index (χ0) is 13.9. The highest BCUT2D eigenvalue weighted by molar-refractivity contribution is 5.82. The van der Waals surface area contributed by atoms with Crippen LogP contribution in [0.4, 0.5) is 4.79 Å².